The molecule has 0 fully saturated rings. The largest absolute Gasteiger partial charge is 0.497 e. The minimum absolute atomic E-state index is 0.105. The summed E-state index contributed by atoms with van der Waals surface area (Å²) in [6, 6.07) is 12.9. The number of rotatable bonds is 4. The molecule has 1 aromatic heterocycles. The molecule has 4 nitrogen and oxygen atoms in total. The Morgan fingerprint density at radius 3 is 2.62 bits per heavy atom. The lowest BCUT2D eigenvalue weighted by molar-refractivity contribution is 0.401. The standard InChI is InChI=1S/C22H26N2O2/c1-13(2)14-5-7-17(20(11-14)26-4)21-22-16(9-10-23-21)18-12-15(25-3)6-8-19(18)24-22/h5-8,11-13,21,23-24H,9-10H2,1-4H3. The maximum absolute atomic E-state index is 5.74. The van der Waals surface area contributed by atoms with E-state index in [4.69, 9.17) is 9.47 Å². The molecule has 0 bridgehead atoms. The Bertz CT molecular complexity index is 943. The quantitative estimate of drug-likeness (QED) is 0.726. The highest BCUT2D eigenvalue weighted by atomic mass is 16.5. The number of methoxy groups -OCH3 is 2. The van der Waals surface area contributed by atoms with Crippen LogP contribution in [0.4, 0.5) is 0 Å². The van der Waals surface area contributed by atoms with Crippen LogP contribution >= 0.6 is 0 Å². The van der Waals surface area contributed by atoms with Crippen molar-refractivity contribution in [1.82, 2.24) is 10.3 Å². The van der Waals surface area contributed by atoms with Crippen LogP contribution < -0.4 is 14.8 Å². The van der Waals surface area contributed by atoms with Crippen LogP contribution in [0.5, 0.6) is 11.5 Å². The van der Waals surface area contributed by atoms with Gasteiger partial charge < -0.3 is 19.8 Å². The van der Waals surface area contributed by atoms with Crippen molar-refractivity contribution in [2.24, 2.45) is 0 Å². The van der Waals surface area contributed by atoms with Gasteiger partial charge >= 0.3 is 0 Å². The summed E-state index contributed by atoms with van der Waals surface area (Å²) in [6.07, 6.45) is 1.01. The van der Waals surface area contributed by atoms with Crippen LogP contribution in [0.1, 0.15) is 48.2 Å². The van der Waals surface area contributed by atoms with Crippen molar-refractivity contribution >= 4 is 10.9 Å². The second kappa shape index (κ2) is 6.69. The molecule has 2 N–H and O–H groups in total. The summed E-state index contributed by atoms with van der Waals surface area (Å²) in [5.74, 6) is 2.32. The molecule has 0 radical (unpaired) electrons. The van der Waals surface area contributed by atoms with Gasteiger partial charge in [-0.3, -0.25) is 0 Å². The summed E-state index contributed by atoms with van der Waals surface area (Å²) in [5.41, 5.74) is 6.23. The number of H-pyrrole nitrogens is 1. The van der Waals surface area contributed by atoms with Gasteiger partial charge in [-0.2, -0.15) is 0 Å². The second-order valence-electron chi connectivity index (χ2n) is 7.22. The minimum Gasteiger partial charge on any atom is -0.497 e. The lowest BCUT2D eigenvalue weighted by Gasteiger charge is -2.26. The highest BCUT2D eigenvalue weighted by Gasteiger charge is 2.27. The van der Waals surface area contributed by atoms with Gasteiger partial charge in [-0.15, -0.1) is 0 Å². The molecule has 4 heteroatoms. The van der Waals surface area contributed by atoms with E-state index in [1.54, 1.807) is 14.2 Å². The fraction of sp³-hybridized carbons (Fsp3) is 0.364. The molecule has 136 valence electrons. The molecule has 4 rings (SSSR count). The fourth-order valence-corrected chi connectivity index (χ4v) is 3.92. The normalized spacial score (nSPS) is 16.7. The fourth-order valence-electron chi connectivity index (χ4n) is 3.92. The monoisotopic (exact) mass is 350 g/mol. The third-order valence-corrected chi connectivity index (χ3v) is 5.39. The summed E-state index contributed by atoms with van der Waals surface area (Å²) in [4.78, 5) is 3.63. The third-order valence-electron chi connectivity index (χ3n) is 5.39. The van der Waals surface area contributed by atoms with Crippen molar-refractivity contribution in [3.63, 3.8) is 0 Å². The smallest absolute Gasteiger partial charge is 0.124 e. The SMILES string of the molecule is COc1ccc2[nH]c3c(c2c1)CCNC3c1ccc(C(C)C)cc1OC. The van der Waals surface area contributed by atoms with Crippen molar-refractivity contribution < 1.29 is 9.47 Å². The van der Waals surface area contributed by atoms with Gasteiger partial charge in [-0.05, 0) is 47.7 Å². The number of hydrogen-bond acceptors (Lipinski definition) is 3. The van der Waals surface area contributed by atoms with Gasteiger partial charge in [-0.1, -0.05) is 26.0 Å². The number of hydrogen-bond donors (Lipinski definition) is 2. The van der Waals surface area contributed by atoms with Gasteiger partial charge in [0.05, 0.1) is 20.3 Å². The van der Waals surface area contributed by atoms with E-state index in [1.165, 1.54) is 27.8 Å². The Labute approximate surface area is 154 Å². The molecule has 0 aliphatic carbocycles. The molecule has 2 aromatic carbocycles. The first-order valence-corrected chi connectivity index (χ1v) is 9.22. The van der Waals surface area contributed by atoms with Crippen LogP contribution in [0.2, 0.25) is 0 Å². The maximum atomic E-state index is 5.74. The maximum Gasteiger partial charge on any atom is 0.124 e. The zero-order valence-corrected chi connectivity index (χ0v) is 15.8. The van der Waals surface area contributed by atoms with E-state index >= 15 is 0 Å². The van der Waals surface area contributed by atoms with Crippen molar-refractivity contribution in [2.45, 2.75) is 32.2 Å². The lowest BCUT2D eigenvalue weighted by atomic mass is 9.92. The summed E-state index contributed by atoms with van der Waals surface area (Å²) in [6.45, 7) is 5.35. The first-order valence-electron chi connectivity index (χ1n) is 9.22. The molecule has 2 heterocycles. The summed E-state index contributed by atoms with van der Waals surface area (Å²) >= 11 is 0. The predicted octanol–water partition coefficient (Wildman–Crippen LogP) is 4.54. The molecule has 26 heavy (non-hydrogen) atoms. The Hall–Kier alpha value is -2.46. The van der Waals surface area contributed by atoms with E-state index in [0.29, 0.717) is 5.92 Å². The Morgan fingerprint density at radius 1 is 1.04 bits per heavy atom. The van der Waals surface area contributed by atoms with Gasteiger partial charge in [0.15, 0.2) is 0 Å². The first-order chi connectivity index (χ1) is 12.6. The molecule has 3 aromatic rings. The van der Waals surface area contributed by atoms with Crippen molar-refractivity contribution in [2.75, 3.05) is 20.8 Å². The van der Waals surface area contributed by atoms with E-state index in [-0.39, 0.29) is 6.04 Å². The highest BCUT2D eigenvalue weighted by Crippen LogP contribution is 2.38. The number of nitrogens with one attached hydrogen (secondary N) is 2. The number of benzene rings is 2. The first kappa shape index (κ1) is 17.0. The number of fused-ring (bicyclic) bond motifs is 3. The van der Waals surface area contributed by atoms with Crippen molar-refractivity contribution in [3.05, 3.63) is 58.8 Å². The molecule has 0 amide bonds. The van der Waals surface area contributed by atoms with E-state index in [1.807, 2.05) is 6.07 Å². The van der Waals surface area contributed by atoms with Crippen LogP contribution in [-0.4, -0.2) is 25.7 Å². The van der Waals surface area contributed by atoms with Gasteiger partial charge in [-0.25, -0.2) is 0 Å². The van der Waals surface area contributed by atoms with E-state index < -0.39 is 0 Å². The zero-order chi connectivity index (χ0) is 18.3. The average molecular weight is 350 g/mol. The zero-order valence-electron chi connectivity index (χ0n) is 15.8. The van der Waals surface area contributed by atoms with Gasteiger partial charge in [0.1, 0.15) is 11.5 Å². The molecular formula is C22H26N2O2. The molecule has 1 unspecified atom stereocenters. The molecule has 1 atom stereocenters. The molecular weight excluding hydrogens is 324 g/mol. The van der Waals surface area contributed by atoms with Gasteiger partial charge in [0.2, 0.25) is 0 Å². The van der Waals surface area contributed by atoms with Crippen LogP contribution in [0, 0.1) is 0 Å². The van der Waals surface area contributed by atoms with Crippen molar-refractivity contribution in [3.8, 4) is 11.5 Å². The van der Waals surface area contributed by atoms with Gasteiger partial charge in [0.25, 0.3) is 0 Å². The van der Waals surface area contributed by atoms with E-state index in [0.717, 1.165) is 30.0 Å². The Kier molecular flexibility index (Phi) is 4.37. The summed E-state index contributed by atoms with van der Waals surface area (Å²) in [5, 5.41) is 4.92. The van der Waals surface area contributed by atoms with Crippen LogP contribution in [0.15, 0.2) is 36.4 Å². The predicted molar refractivity (Wildman–Crippen MR) is 105 cm³/mol. The number of ether oxygens (including phenoxy) is 2. The Balaban J connectivity index is 1.83. The number of aromatic amines is 1. The van der Waals surface area contributed by atoms with E-state index in [2.05, 4.69) is 54.5 Å². The van der Waals surface area contributed by atoms with Crippen LogP contribution in [-0.2, 0) is 6.42 Å². The Morgan fingerprint density at radius 2 is 1.88 bits per heavy atom. The average Bonchev–Trinajstić information content (AvgIpc) is 3.05. The summed E-state index contributed by atoms with van der Waals surface area (Å²) in [7, 11) is 3.47. The molecule has 1 aliphatic rings. The highest BCUT2D eigenvalue weighted by molar-refractivity contribution is 5.86. The lowest BCUT2D eigenvalue weighted by Crippen LogP contribution is -2.30. The number of aromatic nitrogens is 1. The van der Waals surface area contributed by atoms with E-state index in [9.17, 15) is 0 Å². The third kappa shape index (κ3) is 2.74. The summed E-state index contributed by atoms with van der Waals surface area (Å²) < 4.78 is 11.2. The molecule has 0 saturated carbocycles. The molecule has 0 saturated heterocycles. The molecule has 1 aliphatic heterocycles. The second-order valence-corrected chi connectivity index (χ2v) is 7.22. The van der Waals surface area contributed by atoms with Crippen LogP contribution in [0.25, 0.3) is 10.9 Å². The topological polar surface area (TPSA) is 46.3 Å². The molecule has 0 spiro atoms. The minimum atomic E-state index is 0.105. The van der Waals surface area contributed by atoms with Crippen LogP contribution in [0.3, 0.4) is 0 Å². The van der Waals surface area contributed by atoms with Crippen molar-refractivity contribution in [1.29, 1.82) is 0 Å². The van der Waals surface area contributed by atoms with Gasteiger partial charge in [0, 0.05) is 28.7 Å².